The fourth-order valence-electron chi connectivity index (χ4n) is 1.79. The Morgan fingerprint density at radius 2 is 2.00 bits per heavy atom. The number of halogens is 1. The summed E-state index contributed by atoms with van der Waals surface area (Å²) in [5.41, 5.74) is 5.30. The molecule has 2 N–H and O–H groups in total. The fraction of sp³-hybridized carbons (Fsp3) is 0.429. The molecule has 1 rings (SSSR count). The molecule has 0 aliphatic heterocycles. The van der Waals surface area contributed by atoms with Crippen molar-refractivity contribution in [2.24, 2.45) is 5.73 Å². The zero-order valence-corrected chi connectivity index (χ0v) is 11.9. The van der Waals surface area contributed by atoms with Crippen molar-refractivity contribution in [2.75, 3.05) is 20.2 Å². The highest BCUT2D eigenvalue weighted by molar-refractivity contribution is 6.00. The van der Waals surface area contributed by atoms with Crippen LogP contribution in [0.15, 0.2) is 18.2 Å². The number of Topliss-reactive ketones (excluding diaryl/α,β-unsaturated/α-hetero) is 1. The quantitative estimate of drug-likeness (QED) is 0.763. The third-order valence-electron chi connectivity index (χ3n) is 2.90. The van der Waals surface area contributed by atoms with Crippen LogP contribution in [0.25, 0.3) is 0 Å². The standard InChI is InChI=1S/C14H19FN2O3/c1-9(2)17(8-14(16)19)7-12(18)11-6-10(15)4-5-13(11)20-3/h4-6,9H,7-8H2,1-3H3,(H2,16,19). The molecule has 1 aromatic carbocycles. The number of hydrogen-bond donors (Lipinski definition) is 1. The van der Waals surface area contributed by atoms with Crippen LogP contribution >= 0.6 is 0 Å². The average Bonchev–Trinajstić information content (AvgIpc) is 2.37. The summed E-state index contributed by atoms with van der Waals surface area (Å²) in [6.07, 6.45) is 0. The maximum absolute atomic E-state index is 13.3. The van der Waals surface area contributed by atoms with Crippen molar-refractivity contribution in [3.8, 4) is 5.75 Å². The highest BCUT2D eigenvalue weighted by Gasteiger charge is 2.20. The average molecular weight is 282 g/mol. The predicted molar refractivity (Wildman–Crippen MR) is 73.2 cm³/mol. The van der Waals surface area contributed by atoms with Crippen LogP contribution in [0.2, 0.25) is 0 Å². The van der Waals surface area contributed by atoms with Gasteiger partial charge in [-0.2, -0.15) is 0 Å². The van der Waals surface area contributed by atoms with E-state index < -0.39 is 11.7 Å². The number of ketones is 1. The van der Waals surface area contributed by atoms with Crippen molar-refractivity contribution in [1.29, 1.82) is 0 Å². The van der Waals surface area contributed by atoms with Gasteiger partial charge in [0.2, 0.25) is 5.91 Å². The third-order valence-corrected chi connectivity index (χ3v) is 2.90. The highest BCUT2D eigenvalue weighted by Crippen LogP contribution is 2.20. The molecule has 0 atom stereocenters. The SMILES string of the molecule is COc1ccc(F)cc1C(=O)CN(CC(N)=O)C(C)C. The van der Waals surface area contributed by atoms with Gasteiger partial charge in [-0.25, -0.2) is 4.39 Å². The lowest BCUT2D eigenvalue weighted by molar-refractivity contribution is -0.119. The van der Waals surface area contributed by atoms with Gasteiger partial charge in [0.25, 0.3) is 0 Å². The van der Waals surface area contributed by atoms with Crippen LogP contribution in [0.1, 0.15) is 24.2 Å². The van der Waals surface area contributed by atoms with Crippen LogP contribution in [0.4, 0.5) is 4.39 Å². The molecule has 0 spiro atoms. The number of amides is 1. The van der Waals surface area contributed by atoms with Crippen LogP contribution in [-0.2, 0) is 4.79 Å². The van der Waals surface area contributed by atoms with Crippen molar-refractivity contribution >= 4 is 11.7 Å². The van der Waals surface area contributed by atoms with Crippen molar-refractivity contribution in [1.82, 2.24) is 4.90 Å². The number of nitrogens with zero attached hydrogens (tertiary/aromatic N) is 1. The second kappa shape index (κ2) is 7.00. The Labute approximate surface area is 117 Å². The fourth-order valence-corrected chi connectivity index (χ4v) is 1.79. The smallest absolute Gasteiger partial charge is 0.231 e. The third kappa shape index (κ3) is 4.31. The minimum absolute atomic E-state index is 0.0267. The maximum Gasteiger partial charge on any atom is 0.231 e. The van der Waals surface area contributed by atoms with E-state index >= 15 is 0 Å². The molecule has 0 bridgehead atoms. The van der Waals surface area contributed by atoms with Gasteiger partial charge in [-0.3, -0.25) is 14.5 Å². The molecule has 0 aromatic heterocycles. The van der Waals surface area contributed by atoms with Gasteiger partial charge in [0, 0.05) is 6.04 Å². The van der Waals surface area contributed by atoms with Gasteiger partial charge in [-0.15, -0.1) is 0 Å². The Morgan fingerprint density at radius 3 is 2.50 bits per heavy atom. The number of rotatable bonds is 7. The Balaban J connectivity index is 2.94. The molecular weight excluding hydrogens is 263 g/mol. The highest BCUT2D eigenvalue weighted by atomic mass is 19.1. The van der Waals surface area contributed by atoms with E-state index in [9.17, 15) is 14.0 Å². The first-order valence-corrected chi connectivity index (χ1v) is 6.24. The molecule has 6 heteroatoms. The molecule has 5 nitrogen and oxygen atoms in total. The van der Waals surface area contributed by atoms with Crippen molar-refractivity contribution in [3.63, 3.8) is 0 Å². The Morgan fingerprint density at radius 1 is 1.35 bits per heavy atom. The first-order valence-electron chi connectivity index (χ1n) is 6.24. The second-order valence-electron chi connectivity index (χ2n) is 4.73. The van der Waals surface area contributed by atoms with Crippen molar-refractivity contribution < 1.29 is 18.7 Å². The van der Waals surface area contributed by atoms with E-state index in [4.69, 9.17) is 10.5 Å². The van der Waals surface area contributed by atoms with Crippen LogP contribution in [-0.4, -0.2) is 42.8 Å². The lowest BCUT2D eigenvalue weighted by Crippen LogP contribution is -2.41. The Bertz CT molecular complexity index is 503. The predicted octanol–water partition coefficient (Wildman–Crippen LogP) is 1.21. The molecule has 0 saturated carbocycles. The molecule has 0 radical (unpaired) electrons. The van der Waals surface area contributed by atoms with Crippen LogP contribution in [0.3, 0.4) is 0 Å². The van der Waals surface area contributed by atoms with E-state index in [2.05, 4.69) is 0 Å². The molecule has 0 fully saturated rings. The molecule has 0 heterocycles. The molecule has 0 aliphatic carbocycles. The number of carbonyl (C=O) groups is 2. The van der Waals surface area contributed by atoms with Gasteiger partial charge >= 0.3 is 0 Å². The van der Waals surface area contributed by atoms with E-state index in [1.807, 2.05) is 13.8 Å². The summed E-state index contributed by atoms with van der Waals surface area (Å²) in [6.45, 7) is 3.64. The van der Waals surface area contributed by atoms with Gasteiger partial charge in [0.15, 0.2) is 5.78 Å². The Hall–Kier alpha value is -1.95. The van der Waals surface area contributed by atoms with E-state index in [1.54, 1.807) is 4.90 Å². The number of nitrogens with two attached hydrogens (primary N) is 1. The van der Waals surface area contributed by atoms with Crippen LogP contribution in [0.5, 0.6) is 5.75 Å². The molecule has 0 unspecified atom stereocenters. The lowest BCUT2D eigenvalue weighted by atomic mass is 10.1. The van der Waals surface area contributed by atoms with Gasteiger partial charge in [0.05, 0.1) is 25.8 Å². The van der Waals surface area contributed by atoms with E-state index in [1.165, 1.54) is 19.2 Å². The minimum Gasteiger partial charge on any atom is -0.496 e. The van der Waals surface area contributed by atoms with E-state index in [0.717, 1.165) is 6.07 Å². The molecule has 0 saturated heterocycles. The number of ether oxygens (including phenoxy) is 1. The zero-order valence-electron chi connectivity index (χ0n) is 11.9. The molecule has 20 heavy (non-hydrogen) atoms. The number of carbonyl (C=O) groups excluding carboxylic acids is 2. The maximum atomic E-state index is 13.3. The summed E-state index contributed by atoms with van der Waals surface area (Å²) >= 11 is 0. The second-order valence-corrected chi connectivity index (χ2v) is 4.73. The van der Waals surface area contributed by atoms with Crippen molar-refractivity contribution in [3.05, 3.63) is 29.6 Å². The van der Waals surface area contributed by atoms with Crippen LogP contribution in [0, 0.1) is 5.82 Å². The molecule has 0 aliphatic rings. The molecule has 1 amide bonds. The van der Waals surface area contributed by atoms with Gasteiger partial charge in [-0.05, 0) is 32.0 Å². The largest absolute Gasteiger partial charge is 0.496 e. The van der Waals surface area contributed by atoms with Gasteiger partial charge in [0.1, 0.15) is 11.6 Å². The summed E-state index contributed by atoms with van der Waals surface area (Å²) in [5.74, 6) is -1.05. The number of hydrogen-bond acceptors (Lipinski definition) is 4. The molecular formula is C14H19FN2O3. The van der Waals surface area contributed by atoms with E-state index in [-0.39, 0.29) is 30.5 Å². The summed E-state index contributed by atoms with van der Waals surface area (Å²) in [7, 11) is 1.41. The van der Waals surface area contributed by atoms with E-state index in [0.29, 0.717) is 5.75 Å². The first kappa shape index (κ1) is 16.1. The summed E-state index contributed by atoms with van der Waals surface area (Å²) in [6, 6.07) is 3.71. The van der Waals surface area contributed by atoms with Gasteiger partial charge in [-0.1, -0.05) is 0 Å². The number of methoxy groups -OCH3 is 1. The lowest BCUT2D eigenvalue weighted by Gasteiger charge is -2.24. The summed E-state index contributed by atoms with van der Waals surface area (Å²) in [4.78, 5) is 24.8. The number of benzene rings is 1. The zero-order chi connectivity index (χ0) is 15.3. The van der Waals surface area contributed by atoms with Gasteiger partial charge < -0.3 is 10.5 Å². The van der Waals surface area contributed by atoms with Crippen molar-refractivity contribution in [2.45, 2.75) is 19.9 Å². The minimum atomic E-state index is -0.516. The number of primary amides is 1. The molecule has 110 valence electrons. The van der Waals surface area contributed by atoms with Crippen LogP contribution < -0.4 is 10.5 Å². The first-order chi connectivity index (χ1) is 9.35. The molecule has 1 aromatic rings. The summed E-state index contributed by atoms with van der Waals surface area (Å²) < 4.78 is 18.3. The topological polar surface area (TPSA) is 72.6 Å². The Kier molecular flexibility index (Phi) is 5.64. The normalized spacial score (nSPS) is 10.9. The summed E-state index contributed by atoms with van der Waals surface area (Å²) in [5, 5.41) is 0. The monoisotopic (exact) mass is 282 g/mol.